The monoisotopic (exact) mass is 227 g/mol. The standard InChI is InChI=1S/C12H25N3O/c1-14(2)8-9-15(3)12(16)5-4-11-6-7-13-10-11/h11,13H,4-10H2,1-3H3. The van der Waals surface area contributed by atoms with Crippen LogP contribution in [0.5, 0.6) is 0 Å². The third kappa shape index (κ3) is 4.94. The van der Waals surface area contributed by atoms with Crippen LogP contribution in [-0.2, 0) is 4.79 Å². The summed E-state index contributed by atoms with van der Waals surface area (Å²) in [5, 5.41) is 3.33. The van der Waals surface area contributed by atoms with Gasteiger partial charge >= 0.3 is 0 Å². The van der Waals surface area contributed by atoms with Crippen molar-refractivity contribution in [3.8, 4) is 0 Å². The highest BCUT2D eigenvalue weighted by molar-refractivity contribution is 5.75. The predicted molar refractivity (Wildman–Crippen MR) is 66.4 cm³/mol. The van der Waals surface area contributed by atoms with Crippen LogP contribution in [0.25, 0.3) is 0 Å². The molecule has 1 fully saturated rings. The van der Waals surface area contributed by atoms with Gasteiger partial charge in [-0.2, -0.15) is 0 Å². The number of hydrogen-bond acceptors (Lipinski definition) is 3. The minimum absolute atomic E-state index is 0.286. The fraction of sp³-hybridized carbons (Fsp3) is 0.917. The predicted octanol–water partition coefficient (Wildman–Crippen LogP) is 0.396. The largest absolute Gasteiger partial charge is 0.344 e. The van der Waals surface area contributed by atoms with Gasteiger partial charge in [0.2, 0.25) is 5.91 Å². The Hall–Kier alpha value is -0.610. The van der Waals surface area contributed by atoms with Crippen molar-refractivity contribution in [2.24, 2.45) is 5.92 Å². The first kappa shape index (κ1) is 13.5. The molecule has 0 saturated carbocycles. The summed E-state index contributed by atoms with van der Waals surface area (Å²) in [6.07, 6.45) is 2.98. The van der Waals surface area contributed by atoms with Gasteiger partial charge in [-0.25, -0.2) is 0 Å². The van der Waals surface area contributed by atoms with E-state index in [0.29, 0.717) is 12.3 Å². The summed E-state index contributed by atoms with van der Waals surface area (Å²) in [5.41, 5.74) is 0. The van der Waals surface area contributed by atoms with Gasteiger partial charge < -0.3 is 15.1 Å². The van der Waals surface area contributed by atoms with E-state index in [1.165, 1.54) is 6.42 Å². The van der Waals surface area contributed by atoms with Crippen LogP contribution in [0, 0.1) is 5.92 Å². The summed E-state index contributed by atoms with van der Waals surface area (Å²) in [6, 6.07) is 0. The highest BCUT2D eigenvalue weighted by Gasteiger charge is 2.17. The van der Waals surface area contributed by atoms with Gasteiger partial charge in [-0.1, -0.05) is 0 Å². The van der Waals surface area contributed by atoms with Crippen molar-refractivity contribution in [3.63, 3.8) is 0 Å². The smallest absolute Gasteiger partial charge is 0.222 e. The van der Waals surface area contributed by atoms with Gasteiger partial charge in [0.05, 0.1) is 0 Å². The molecule has 0 spiro atoms. The van der Waals surface area contributed by atoms with E-state index in [0.717, 1.165) is 32.6 Å². The van der Waals surface area contributed by atoms with E-state index in [9.17, 15) is 4.79 Å². The summed E-state index contributed by atoms with van der Waals surface area (Å²) in [7, 11) is 5.96. The van der Waals surface area contributed by atoms with Crippen LogP contribution in [0.1, 0.15) is 19.3 Å². The quantitative estimate of drug-likeness (QED) is 0.713. The molecule has 1 saturated heterocycles. The van der Waals surface area contributed by atoms with E-state index in [1.807, 2.05) is 26.0 Å². The number of likely N-dealkylation sites (N-methyl/N-ethyl adjacent to an activating group) is 2. The van der Waals surface area contributed by atoms with Gasteiger partial charge in [-0.05, 0) is 45.9 Å². The van der Waals surface area contributed by atoms with Crippen LogP contribution in [0.15, 0.2) is 0 Å². The van der Waals surface area contributed by atoms with Crippen molar-refractivity contribution >= 4 is 5.91 Å². The maximum Gasteiger partial charge on any atom is 0.222 e. The number of amides is 1. The van der Waals surface area contributed by atoms with Crippen LogP contribution in [-0.4, -0.2) is 63.0 Å². The Morgan fingerprint density at radius 1 is 1.31 bits per heavy atom. The van der Waals surface area contributed by atoms with Crippen molar-refractivity contribution in [2.45, 2.75) is 19.3 Å². The van der Waals surface area contributed by atoms with Gasteiger partial charge in [-0.15, -0.1) is 0 Å². The molecule has 0 bridgehead atoms. The molecule has 1 N–H and O–H groups in total. The zero-order valence-electron chi connectivity index (χ0n) is 10.8. The fourth-order valence-corrected chi connectivity index (χ4v) is 1.95. The molecule has 0 aromatic heterocycles. The van der Waals surface area contributed by atoms with Crippen LogP contribution >= 0.6 is 0 Å². The second-order valence-corrected chi connectivity index (χ2v) is 5.02. The lowest BCUT2D eigenvalue weighted by Crippen LogP contribution is -2.33. The maximum atomic E-state index is 11.8. The van der Waals surface area contributed by atoms with Gasteiger partial charge in [-0.3, -0.25) is 4.79 Å². The average Bonchev–Trinajstić information content (AvgIpc) is 2.75. The Morgan fingerprint density at radius 2 is 2.06 bits per heavy atom. The molecule has 1 heterocycles. The lowest BCUT2D eigenvalue weighted by atomic mass is 10.0. The second-order valence-electron chi connectivity index (χ2n) is 5.02. The van der Waals surface area contributed by atoms with Crippen LogP contribution < -0.4 is 5.32 Å². The van der Waals surface area contributed by atoms with Gasteiger partial charge in [0, 0.05) is 26.6 Å². The number of nitrogens with one attached hydrogen (secondary N) is 1. The third-order valence-electron chi connectivity index (χ3n) is 3.24. The lowest BCUT2D eigenvalue weighted by Gasteiger charge is -2.20. The number of carbonyl (C=O) groups is 1. The minimum atomic E-state index is 0.286. The average molecular weight is 227 g/mol. The molecule has 1 atom stereocenters. The lowest BCUT2D eigenvalue weighted by molar-refractivity contribution is -0.130. The van der Waals surface area contributed by atoms with E-state index in [1.54, 1.807) is 0 Å². The van der Waals surface area contributed by atoms with Crippen LogP contribution in [0.4, 0.5) is 0 Å². The Morgan fingerprint density at radius 3 is 2.62 bits per heavy atom. The molecule has 1 unspecified atom stereocenters. The SMILES string of the molecule is CN(C)CCN(C)C(=O)CCC1CCNC1. The molecule has 1 aliphatic heterocycles. The van der Waals surface area contributed by atoms with E-state index < -0.39 is 0 Å². The first-order chi connectivity index (χ1) is 7.59. The molecular formula is C12H25N3O. The molecule has 4 nitrogen and oxygen atoms in total. The Labute approximate surface area is 99.0 Å². The van der Waals surface area contributed by atoms with E-state index in [4.69, 9.17) is 0 Å². The molecule has 94 valence electrons. The molecule has 1 amide bonds. The van der Waals surface area contributed by atoms with Gasteiger partial charge in [0.1, 0.15) is 0 Å². The normalized spacial score (nSPS) is 20.4. The number of carbonyl (C=O) groups excluding carboxylic acids is 1. The molecule has 16 heavy (non-hydrogen) atoms. The first-order valence-electron chi connectivity index (χ1n) is 6.19. The maximum absolute atomic E-state index is 11.8. The number of rotatable bonds is 6. The third-order valence-corrected chi connectivity index (χ3v) is 3.24. The highest BCUT2D eigenvalue weighted by atomic mass is 16.2. The van der Waals surface area contributed by atoms with Crippen molar-refractivity contribution in [1.82, 2.24) is 15.1 Å². The van der Waals surface area contributed by atoms with Gasteiger partial charge in [0.15, 0.2) is 0 Å². The van der Waals surface area contributed by atoms with E-state index in [2.05, 4.69) is 10.2 Å². The summed E-state index contributed by atoms with van der Waals surface area (Å²) in [5.74, 6) is 1.000. The van der Waals surface area contributed by atoms with Crippen molar-refractivity contribution in [3.05, 3.63) is 0 Å². The zero-order chi connectivity index (χ0) is 12.0. The minimum Gasteiger partial charge on any atom is -0.344 e. The molecule has 4 heteroatoms. The van der Waals surface area contributed by atoms with Crippen molar-refractivity contribution in [2.75, 3.05) is 47.3 Å². The topological polar surface area (TPSA) is 35.6 Å². The van der Waals surface area contributed by atoms with Crippen molar-refractivity contribution < 1.29 is 4.79 Å². The molecule has 0 aromatic rings. The zero-order valence-corrected chi connectivity index (χ0v) is 10.8. The number of nitrogens with zero attached hydrogens (tertiary/aromatic N) is 2. The summed E-state index contributed by atoms with van der Waals surface area (Å²) < 4.78 is 0. The molecular weight excluding hydrogens is 202 g/mol. The Kier molecular flexibility index (Phi) is 5.77. The Balaban J connectivity index is 2.12. The van der Waals surface area contributed by atoms with Crippen molar-refractivity contribution in [1.29, 1.82) is 0 Å². The van der Waals surface area contributed by atoms with E-state index >= 15 is 0 Å². The van der Waals surface area contributed by atoms with Gasteiger partial charge in [0.25, 0.3) is 0 Å². The highest BCUT2D eigenvalue weighted by Crippen LogP contribution is 2.14. The van der Waals surface area contributed by atoms with Crippen LogP contribution in [0.2, 0.25) is 0 Å². The van der Waals surface area contributed by atoms with Crippen LogP contribution in [0.3, 0.4) is 0 Å². The second kappa shape index (κ2) is 6.86. The molecule has 1 aliphatic rings. The van der Waals surface area contributed by atoms with E-state index in [-0.39, 0.29) is 5.91 Å². The first-order valence-corrected chi connectivity index (χ1v) is 6.19. The summed E-state index contributed by atoms with van der Waals surface area (Å²) in [4.78, 5) is 15.8. The molecule has 0 radical (unpaired) electrons. The summed E-state index contributed by atoms with van der Waals surface area (Å²) in [6.45, 7) is 3.98. The number of hydrogen-bond donors (Lipinski definition) is 1. The summed E-state index contributed by atoms with van der Waals surface area (Å²) >= 11 is 0. The molecule has 1 rings (SSSR count). The molecule has 0 aromatic carbocycles. The molecule has 0 aliphatic carbocycles. The fourth-order valence-electron chi connectivity index (χ4n) is 1.95. The Bertz CT molecular complexity index is 212.